The van der Waals surface area contributed by atoms with Crippen LogP contribution in [0.2, 0.25) is 0 Å². The van der Waals surface area contributed by atoms with Crippen molar-refractivity contribution >= 4 is 11.9 Å². The summed E-state index contributed by atoms with van der Waals surface area (Å²) in [5, 5.41) is 6.61. The Bertz CT molecular complexity index is 704. The first kappa shape index (κ1) is 23.5. The van der Waals surface area contributed by atoms with Gasteiger partial charge in [-0.1, -0.05) is 24.3 Å². The number of ether oxygens (including phenoxy) is 2. The summed E-state index contributed by atoms with van der Waals surface area (Å²) in [4.78, 5) is 18.8. The molecule has 31 heavy (non-hydrogen) atoms. The maximum atomic E-state index is 12.5. The number of nitrogens with zero attached hydrogens (tertiary/aromatic N) is 2. The second-order valence-corrected chi connectivity index (χ2v) is 8.35. The molecule has 2 aliphatic rings. The van der Waals surface area contributed by atoms with Crippen LogP contribution in [0.4, 0.5) is 0 Å². The number of hydrogen-bond donors (Lipinski definition) is 2. The van der Waals surface area contributed by atoms with Gasteiger partial charge in [-0.05, 0) is 49.1 Å². The van der Waals surface area contributed by atoms with E-state index in [1.54, 1.807) is 7.05 Å². The molecule has 2 N–H and O–H groups in total. The van der Waals surface area contributed by atoms with Crippen LogP contribution in [0.1, 0.15) is 43.2 Å². The number of carbonyl (C=O) groups is 1. The van der Waals surface area contributed by atoms with Crippen LogP contribution in [-0.2, 0) is 27.2 Å². The molecule has 2 aliphatic heterocycles. The maximum absolute atomic E-state index is 12.5. The lowest BCUT2D eigenvalue weighted by molar-refractivity contribution is -0.132. The fraction of sp³-hybridized carbons (Fsp3) is 0.667. The van der Waals surface area contributed by atoms with E-state index in [4.69, 9.17) is 9.47 Å². The number of aliphatic imine (C=N–C) groups is 1. The standard InChI is InChI=1S/C24H38N4O3/c1-25-24(27-13-5-15-31-19-20-10-16-30-17-11-20)26-12-4-8-23(29)28-14-9-21-6-2-3-7-22(21)18-28/h2-3,6-7,20H,4-5,8-19H2,1H3,(H2,25,26,27). The average molecular weight is 431 g/mol. The number of rotatable bonds is 10. The van der Waals surface area contributed by atoms with Crippen LogP contribution >= 0.6 is 0 Å². The highest BCUT2D eigenvalue weighted by atomic mass is 16.5. The molecule has 1 aromatic carbocycles. The predicted molar refractivity (Wildman–Crippen MR) is 123 cm³/mol. The minimum Gasteiger partial charge on any atom is -0.381 e. The summed E-state index contributed by atoms with van der Waals surface area (Å²) in [7, 11) is 1.77. The van der Waals surface area contributed by atoms with Gasteiger partial charge in [0.15, 0.2) is 5.96 Å². The highest BCUT2D eigenvalue weighted by Gasteiger charge is 2.19. The van der Waals surface area contributed by atoms with Crippen LogP contribution in [0.3, 0.4) is 0 Å². The summed E-state index contributed by atoms with van der Waals surface area (Å²) in [6, 6.07) is 8.41. The third-order valence-electron chi connectivity index (χ3n) is 6.02. The Morgan fingerprint density at radius 2 is 1.90 bits per heavy atom. The highest BCUT2D eigenvalue weighted by Crippen LogP contribution is 2.19. The van der Waals surface area contributed by atoms with Crippen LogP contribution in [0, 0.1) is 5.92 Å². The van der Waals surface area contributed by atoms with Crippen molar-refractivity contribution in [2.75, 3.05) is 53.1 Å². The lowest BCUT2D eigenvalue weighted by Crippen LogP contribution is -2.39. The van der Waals surface area contributed by atoms with Gasteiger partial charge in [-0.3, -0.25) is 9.79 Å². The minimum atomic E-state index is 0.237. The van der Waals surface area contributed by atoms with E-state index in [0.29, 0.717) is 12.3 Å². The van der Waals surface area contributed by atoms with Gasteiger partial charge >= 0.3 is 0 Å². The van der Waals surface area contributed by atoms with Crippen LogP contribution in [0.5, 0.6) is 0 Å². The zero-order valence-electron chi connectivity index (χ0n) is 18.9. The van der Waals surface area contributed by atoms with Crippen molar-refractivity contribution in [3.05, 3.63) is 35.4 Å². The van der Waals surface area contributed by atoms with E-state index < -0.39 is 0 Å². The molecule has 0 radical (unpaired) electrons. The molecular formula is C24H38N4O3. The highest BCUT2D eigenvalue weighted by molar-refractivity contribution is 5.80. The second kappa shape index (κ2) is 13.3. The number of nitrogens with one attached hydrogen (secondary N) is 2. The van der Waals surface area contributed by atoms with Gasteiger partial charge in [0.25, 0.3) is 0 Å². The van der Waals surface area contributed by atoms with Crippen LogP contribution in [0.25, 0.3) is 0 Å². The van der Waals surface area contributed by atoms with Gasteiger partial charge < -0.3 is 25.0 Å². The topological polar surface area (TPSA) is 75.2 Å². The molecule has 0 spiro atoms. The van der Waals surface area contributed by atoms with E-state index in [2.05, 4.69) is 33.8 Å². The van der Waals surface area contributed by atoms with Gasteiger partial charge in [0.2, 0.25) is 5.91 Å². The molecule has 1 fully saturated rings. The predicted octanol–water partition coefficient (Wildman–Crippen LogP) is 2.35. The molecule has 1 aromatic rings. The molecule has 1 saturated heterocycles. The van der Waals surface area contributed by atoms with E-state index in [9.17, 15) is 4.79 Å². The Labute approximate surface area is 186 Å². The summed E-state index contributed by atoms with van der Waals surface area (Å²) in [5.74, 6) is 1.67. The molecule has 172 valence electrons. The van der Waals surface area contributed by atoms with Gasteiger partial charge in [-0.25, -0.2) is 0 Å². The summed E-state index contributed by atoms with van der Waals surface area (Å²) in [6.45, 7) is 6.45. The van der Waals surface area contributed by atoms with Crippen molar-refractivity contribution in [2.45, 2.75) is 45.1 Å². The molecule has 0 unspecified atom stereocenters. The third-order valence-corrected chi connectivity index (χ3v) is 6.02. The Hall–Kier alpha value is -2.12. The third kappa shape index (κ3) is 8.15. The maximum Gasteiger partial charge on any atom is 0.222 e. The lowest BCUT2D eigenvalue weighted by atomic mass is 9.99. The molecule has 0 saturated carbocycles. The molecule has 0 aliphatic carbocycles. The Morgan fingerprint density at radius 1 is 1.16 bits per heavy atom. The normalized spacial score (nSPS) is 17.3. The number of fused-ring (bicyclic) bond motifs is 1. The summed E-state index contributed by atoms with van der Waals surface area (Å²) < 4.78 is 11.2. The van der Waals surface area contributed by atoms with E-state index in [1.807, 2.05) is 11.0 Å². The first-order valence-corrected chi connectivity index (χ1v) is 11.7. The fourth-order valence-electron chi connectivity index (χ4n) is 4.08. The van der Waals surface area contributed by atoms with Crippen molar-refractivity contribution in [1.29, 1.82) is 0 Å². The minimum absolute atomic E-state index is 0.237. The number of hydrogen-bond acceptors (Lipinski definition) is 4. The fourth-order valence-corrected chi connectivity index (χ4v) is 4.08. The zero-order chi connectivity index (χ0) is 21.7. The molecule has 7 heteroatoms. The van der Waals surface area contributed by atoms with Crippen molar-refractivity contribution in [3.63, 3.8) is 0 Å². The quantitative estimate of drug-likeness (QED) is 0.339. The largest absolute Gasteiger partial charge is 0.381 e. The van der Waals surface area contributed by atoms with Crippen molar-refractivity contribution < 1.29 is 14.3 Å². The Balaban J connectivity index is 1.21. The summed E-state index contributed by atoms with van der Waals surface area (Å²) in [6.07, 6.45) is 5.48. The SMILES string of the molecule is CN=C(NCCCOCC1CCOCC1)NCCCC(=O)N1CCc2ccccc2C1. The average Bonchev–Trinajstić information content (AvgIpc) is 2.82. The zero-order valence-corrected chi connectivity index (χ0v) is 18.9. The van der Waals surface area contributed by atoms with E-state index in [-0.39, 0.29) is 5.91 Å². The van der Waals surface area contributed by atoms with Crippen molar-refractivity contribution in [2.24, 2.45) is 10.9 Å². The Morgan fingerprint density at radius 3 is 2.68 bits per heavy atom. The Kier molecular flexibility index (Phi) is 10.1. The number of amides is 1. The molecule has 0 bridgehead atoms. The number of benzene rings is 1. The summed E-state index contributed by atoms with van der Waals surface area (Å²) in [5.41, 5.74) is 2.65. The first-order chi connectivity index (χ1) is 15.3. The smallest absolute Gasteiger partial charge is 0.222 e. The molecular weight excluding hydrogens is 392 g/mol. The van der Waals surface area contributed by atoms with Crippen LogP contribution < -0.4 is 10.6 Å². The number of carbonyl (C=O) groups excluding carboxylic acids is 1. The van der Waals surface area contributed by atoms with E-state index in [0.717, 1.165) is 90.7 Å². The van der Waals surface area contributed by atoms with Crippen molar-refractivity contribution in [1.82, 2.24) is 15.5 Å². The van der Waals surface area contributed by atoms with Crippen molar-refractivity contribution in [3.8, 4) is 0 Å². The van der Waals surface area contributed by atoms with Gasteiger partial charge in [0.05, 0.1) is 0 Å². The molecule has 0 atom stereocenters. The first-order valence-electron chi connectivity index (χ1n) is 11.7. The molecule has 3 rings (SSSR count). The van der Waals surface area contributed by atoms with Gasteiger partial charge in [0, 0.05) is 66.1 Å². The molecule has 1 amide bonds. The molecule has 2 heterocycles. The van der Waals surface area contributed by atoms with E-state index in [1.165, 1.54) is 11.1 Å². The number of guanidine groups is 1. The second-order valence-electron chi connectivity index (χ2n) is 8.35. The summed E-state index contributed by atoms with van der Waals surface area (Å²) >= 11 is 0. The van der Waals surface area contributed by atoms with Gasteiger partial charge in [-0.2, -0.15) is 0 Å². The lowest BCUT2D eigenvalue weighted by Gasteiger charge is -2.29. The molecule has 0 aromatic heterocycles. The van der Waals surface area contributed by atoms with E-state index >= 15 is 0 Å². The monoisotopic (exact) mass is 430 g/mol. The van der Waals surface area contributed by atoms with Gasteiger partial charge in [-0.15, -0.1) is 0 Å². The van der Waals surface area contributed by atoms with Crippen LogP contribution in [0.15, 0.2) is 29.3 Å². The van der Waals surface area contributed by atoms with Crippen LogP contribution in [-0.4, -0.2) is 69.9 Å². The van der Waals surface area contributed by atoms with Gasteiger partial charge in [0.1, 0.15) is 0 Å². The molecule has 7 nitrogen and oxygen atoms in total.